The maximum atomic E-state index is 10.6. The first-order valence-corrected chi connectivity index (χ1v) is 4.82. The number of benzene rings is 1. The molecule has 0 heterocycles. The van der Waals surface area contributed by atoms with E-state index in [9.17, 15) is 8.53 Å². The predicted molar refractivity (Wildman–Crippen MR) is 42.7 cm³/mol. The van der Waals surface area contributed by atoms with Gasteiger partial charge in [-0.15, -0.1) is 0 Å². The van der Waals surface area contributed by atoms with Gasteiger partial charge < -0.3 is 0 Å². The molecule has 3 N–H and O–H groups in total. The summed E-state index contributed by atoms with van der Waals surface area (Å²) in [7, 11) is 0. The molecule has 1 aromatic carbocycles. The minimum absolute atomic E-state index is 0.0494. The van der Waals surface area contributed by atoms with E-state index in [0.29, 0.717) is 4.35 Å². The summed E-state index contributed by atoms with van der Waals surface area (Å²) < 4.78 is 11.0. The van der Waals surface area contributed by atoms with Crippen molar-refractivity contribution >= 4 is 25.9 Å². The first-order chi connectivity index (χ1) is 5.65. The van der Waals surface area contributed by atoms with Gasteiger partial charge in [0, 0.05) is 0 Å². The molecule has 0 aromatic heterocycles. The Hall–Kier alpha value is -1.15. The molecule has 0 saturated heterocycles. The number of carbonyl (C=O) groups excluding carboxylic acids is 1. The van der Waals surface area contributed by atoms with Crippen molar-refractivity contribution < 1.29 is 13.6 Å². The van der Waals surface area contributed by atoms with Crippen molar-refractivity contribution in [3.63, 3.8) is 0 Å². The van der Waals surface area contributed by atoms with Gasteiger partial charge >= 0.3 is 74.8 Å². The molecule has 0 aliphatic carbocycles. The molecule has 0 atom stereocenters. The number of phenols is 1. The van der Waals surface area contributed by atoms with Crippen molar-refractivity contribution in [1.82, 2.24) is 0 Å². The topological polar surface area (TPSA) is 80.4 Å². The van der Waals surface area contributed by atoms with E-state index in [1.165, 1.54) is 18.2 Å². The fourth-order valence-corrected chi connectivity index (χ4v) is 1.44. The second-order valence-corrected chi connectivity index (χ2v) is 3.62. The molecule has 0 aliphatic rings. The van der Waals surface area contributed by atoms with Crippen molar-refractivity contribution in [3.8, 4) is 5.75 Å². The summed E-state index contributed by atoms with van der Waals surface area (Å²) in [5.74, 6) is -0.910. The average molecular weight is 227 g/mol. The molecule has 0 aliphatic heterocycles. The Morgan fingerprint density at radius 1 is 1.50 bits per heavy atom. The van der Waals surface area contributed by atoms with E-state index in [-0.39, 0.29) is 11.3 Å². The third-order valence-corrected chi connectivity index (χ3v) is 2.38. The molecule has 5 heteroatoms. The number of amides is 1. The van der Waals surface area contributed by atoms with Crippen LogP contribution in [0, 0.1) is 0 Å². The number of aromatic hydroxyl groups is 1. The average Bonchev–Trinajstić information content (AvgIpc) is 2.03. The third kappa shape index (κ3) is 1.71. The summed E-state index contributed by atoms with van der Waals surface area (Å²) in [4.78, 5) is 10.6. The molecule has 62 valence electrons. The van der Waals surface area contributed by atoms with E-state index >= 15 is 0 Å². The number of carbonyl (C=O) groups is 1. The molecule has 0 spiro atoms. The maximum absolute atomic E-state index is 10.6. The number of nitrogens with two attached hydrogens (primary N) is 1. The standard InChI is InChI=1S/C7H6AsNO3/c9-7(11)5-2-1-4(8-12)3-6(5)10/h1-3,10H,(H2,9,11). The summed E-state index contributed by atoms with van der Waals surface area (Å²) in [6, 6.07) is 4.15. The zero-order valence-electron chi connectivity index (χ0n) is 6.02. The predicted octanol–water partition coefficient (Wildman–Crippen LogP) is -0.834. The molecule has 0 radical (unpaired) electrons. The number of hydrogen-bond acceptors (Lipinski definition) is 3. The van der Waals surface area contributed by atoms with Crippen LogP contribution >= 0.6 is 0 Å². The van der Waals surface area contributed by atoms with Crippen LogP contribution in [-0.2, 0) is 3.74 Å². The van der Waals surface area contributed by atoms with Crippen LogP contribution in [0.2, 0.25) is 0 Å². The number of primary amides is 1. The molecule has 1 aromatic rings. The molecule has 0 unspecified atom stereocenters. The van der Waals surface area contributed by atoms with Gasteiger partial charge in [0.1, 0.15) is 0 Å². The van der Waals surface area contributed by atoms with Gasteiger partial charge in [-0.25, -0.2) is 0 Å². The molecular formula is C7H6AsNO3. The van der Waals surface area contributed by atoms with E-state index in [0.717, 1.165) is 0 Å². The van der Waals surface area contributed by atoms with E-state index in [4.69, 9.17) is 10.8 Å². The van der Waals surface area contributed by atoms with Gasteiger partial charge in [0.15, 0.2) is 0 Å². The van der Waals surface area contributed by atoms with E-state index in [1.54, 1.807) is 0 Å². The van der Waals surface area contributed by atoms with Gasteiger partial charge in [-0.1, -0.05) is 0 Å². The van der Waals surface area contributed by atoms with Gasteiger partial charge in [0.05, 0.1) is 0 Å². The van der Waals surface area contributed by atoms with Crippen LogP contribution in [0.3, 0.4) is 0 Å². The van der Waals surface area contributed by atoms with E-state index < -0.39 is 21.6 Å². The molecule has 0 saturated carbocycles. The Morgan fingerprint density at radius 3 is 2.58 bits per heavy atom. The fraction of sp³-hybridized carbons (Fsp3) is 0. The zero-order chi connectivity index (χ0) is 9.14. The molecule has 4 nitrogen and oxygen atoms in total. The van der Waals surface area contributed by atoms with Crippen LogP contribution < -0.4 is 10.1 Å². The van der Waals surface area contributed by atoms with Crippen molar-refractivity contribution in [2.24, 2.45) is 5.73 Å². The quantitative estimate of drug-likeness (QED) is 0.647. The summed E-state index contributed by atoms with van der Waals surface area (Å²) in [6.45, 7) is 0. The van der Waals surface area contributed by atoms with Gasteiger partial charge in [-0.3, -0.25) is 0 Å². The van der Waals surface area contributed by atoms with Gasteiger partial charge in [-0.05, 0) is 0 Å². The van der Waals surface area contributed by atoms with Crippen LogP contribution in [0.5, 0.6) is 5.75 Å². The Bertz CT molecular complexity index is 337. The summed E-state index contributed by atoms with van der Waals surface area (Å²) in [6.07, 6.45) is 0. The zero-order valence-corrected chi connectivity index (χ0v) is 7.90. The molecule has 0 fully saturated rings. The second kappa shape index (κ2) is 3.50. The van der Waals surface area contributed by atoms with Crippen LogP contribution in [0.1, 0.15) is 10.4 Å². The second-order valence-electron chi connectivity index (χ2n) is 2.16. The van der Waals surface area contributed by atoms with Crippen LogP contribution in [0.15, 0.2) is 18.2 Å². The molecule has 1 amide bonds. The Morgan fingerprint density at radius 2 is 2.17 bits per heavy atom. The Labute approximate surface area is 75.3 Å². The first-order valence-electron chi connectivity index (χ1n) is 3.11. The van der Waals surface area contributed by atoms with Crippen LogP contribution in [-0.4, -0.2) is 26.7 Å². The molecule has 0 bridgehead atoms. The van der Waals surface area contributed by atoms with E-state index in [2.05, 4.69) is 0 Å². The summed E-state index contributed by atoms with van der Waals surface area (Å²) in [5.41, 5.74) is 4.99. The number of hydrogen-bond donors (Lipinski definition) is 2. The first kappa shape index (κ1) is 8.94. The van der Waals surface area contributed by atoms with E-state index in [1.807, 2.05) is 0 Å². The molecule has 1 rings (SSSR count). The van der Waals surface area contributed by atoms with Crippen molar-refractivity contribution in [3.05, 3.63) is 23.8 Å². The van der Waals surface area contributed by atoms with Gasteiger partial charge in [-0.2, -0.15) is 0 Å². The minimum atomic E-state index is -1.17. The third-order valence-electron chi connectivity index (χ3n) is 1.35. The SMILES string of the molecule is NC(=O)c1ccc([As]=O)cc1O. The van der Waals surface area contributed by atoms with Gasteiger partial charge in [0.2, 0.25) is 0 Å². The van der Waals surface area contributed by atoms with Gasteiger partial charge in [0.25, 0.3) is 0 Å². The van der Waals surface area contributed by atoms with Crippen LogP contribution in [0.4, 0.5) is 0 Å². The fourth-order valence-electron chi connectivity index (χ4n) is 0.785. The molecular weight excluding hydrogens is 221 g/mol. The summed E-state index contributed by atoms with van der Waals surface area (Å²) >= 11 is -1.17. The summed E-state index contributed by atoms with van der Waals surface area (Å²) in [5, 5.41) is 9.17. The normalized spacial score (nSPS) is 10.0. The Kier molecular flexibility index (Phi) is 2.61. The Balaban J connectivity index is 3.20. The van der Waals surface area contributed by atoms with Crippen molar-refractivity contribution in [2.45, 2.75) is 0 Å². The van der Waals surface area contributed by atoms with Crippen molar-refractivity contribution in [2.75, 3.05) is 0 Å². The van der Waals surface area contributed by atoms with Crippen LogP contribution in [0.25, 0.3) is 0 Å². The van der Waals surface area contributed by atoms with Crippen molar-refractivity contribution in [1.29, 1.82) is 0 Å². The number of rotatable bonds is 2. The molecule has 12 heavy (non-hydrogen) atoms. The monoisotopic (exact) mass is 227 g/mol.